The monoisotopic (exact) mass is 308 g/mol. The maximum atomic E-state index is 9.60. The van der Waals surface area contributed by atoms with E-state index in [1.54, 1.807) is 7.11 Å². The van der Waals surface area contributed by atoms with Gasteiger partial charge in [0.15, 0.2) is 0 Å². The lowest BCUT2D eigenvalue weighted by Gasteiger charge is -2.30. The summed E-state index contributed by atoms with van der Waals surface area (Å²) in [6.07, 6.45) is 0.659. The van der Waals surface area contributed by atoms with Crippen LogP contribution in [0.3, 0.4) is 0 Å². The molecule has 1 atom stereocenters. The predicted octanol–water partition coefficient (Wildman–Crippen LogP) is 3.58. The number of ether oxygens (including phenoxy) is 1. The van der Waals surface area contributed by atoms with Gasteiger partial charge in [0, 0.05) is 11.1 Å². The van der Waals surface area contributed by atoms with Crippen LogP contribution in [0.25, 0.3) is 0 Å². The van der Waals surface area contributed by atoms with E-state index in [0.29, 0.717) is 6.42 Å². The van der Waals surface area contributed by atoms with Gasteiger partial charge in [-0.2, -0.15) is 0 Å². The number of hydrogen-bond acceptors (Lipinski definition) is 3. The van der Waals surface area contributed by atoms with Crippen LogP contribution in [0.5, 0.6) is 5.75 Å². The van der Waals surface area contributed by atoms with Gasteiger partial charge >= 0.3 is 0 Å². The van der Waals surface area contributed by atoms with Crippen LogP contribution in [-0.4, -0.2) is 30.0 Å². The summed E-state index contributed by atoms with van der Waals surface area (Å²) in [7, 11) is 1.73. The summed E-state index contributed by atoms with van der Waals surface area (Å²) < 4.78 is 5.74. The lowest BCUT2D eigenvalue weighted by Crippen LogP contribution is -2.20. The Morgan fingerprint density at radius 1 is 1.00 bits per heavy atom. The molecule has 0 amide bonds. The van der Waals surface area contributed by atoms with Crippen molar-refractivity contribution in [3.8, 4) is 5.75 Å². The second kappa shape index (κ2) is 7.01. The van der Waals surface area contributed by atoms with E-state index >= 15 is 0 Å². The molecule has 1 rings (SSSR count). The fourth-order valence-electron chi connectivity index (χ4n) is 2.59. The van der Waals surface area contributed by atoms with Gasteiger partial charge in [-0.1, -0.05) is 53.7 Å². The number of aryl methyl sites for hydroxylation is 1. The van der Waals surface area contributed by atoms with Crippen LogP contribution in [0.15, 0.2) is 12.1 Å². The van der Waals surface area contributed by atoms with E-state index in [-0.39, 0.29) is 17.4 Å². The van der Waals surface area contributed by atoms with Crippen molar-refractivity contribution >= 4 is 0 Å². The zero-order valence-corrected chi connectivity index (χ0v) is 15.2. The molecule has 0 aliphatic rings. The third kappa shape index (κ3) is 4.72. The highest BCUT2D eigenvalue weighted by Gasteiger charge is 2.27. The molecule has 3 heteroatoms. The highest BCUT2D eigenvalue weighted by atomic mass is 16.5. The second-order valence-corrected chi connectivity index (χ2v) is 8.10. The standard InChI is InChI=1S/C19H32O3/c1-18(2,3)15-10-13(8-9-14(21)12-20)11-16(17(15)22-7)19(4,5)6/h10-11,14,20-21H,8-9,12H2,1-7H3. The largest absolute Gasteiger partial charge is 0.496 e. The molecule has 1 aromatic rings. The Balaban J connectivity index is 3.37. The topological polar surface area (TPSA) is 49.7 Å². The molecule has 22 heavy (non-hydrogen) atoms. The lowest BCUT2D eigenvalue weighted by atomic mass is 9.78. The SMILES string of the molecule is COc1c(C(C)(C)C)cc(CCC(O)CO)cc1C(C)(C)C. The summed E-state index contributed by atoms with van der Waals surface area (Å²) in [6.45, 7) is 12.9. The summed E-state index contributed by atoms with van der Waals surface area (Å²) in [5.41, 5.74) is 3.53. The van der Waals surface area contributed by atoms with Gasteiger partial charge in [0.25, 0.3) is 0 Å². The summed E-state index contributed by atoms with van der Waals surface area (Å²) in [5.74, 6) is 0.964. The molecule has 0 fully saturated rings. The van der Waals surface area contributed by atoms with Crippen molar-refractivity contribution in [3.63, 3.8) is 0 Å². The molecule has 2 N–H and O–H groups in total. The molecule has 0 heterocycles. The normalized spacial score (nSPS) is 14.0. The number of benzene rings is 1. The number of aliphatic hydroxyl groups excluding tert-OH is 2. The van der Waals surface area contributed by atoms with Crippen LogP contribution in [-0.2, 0) is 17.3 Å². The molecular weight excluding hydrogens is 276 g/mol. The quantitative estimate of drug-likeness (QED) is 0.874. The third-order valence-electron chi connectivity index (χ3n) is 3.95. The smallest absolute Gasteiger partial charge is 0.126 e. The maximum absolute atomic E-state index is 9.60. The Bertz CT molecular complexity index is 457. The Kier molecular flexibility index (Phi) is 6.05. The Hall–Kier alpha value is -1.06. The molecule has 0 spiro atoms. The van der Waals surface area contributed by atoms with Crippen molar-refractivity contribution in [2.24, 2.45) is 0 Å². The summed E-state index contributed by atoms with van der Waals surface area (Å²) in [4.78, 5) is 0. The molecule has 126 valence electrons. The van der Waals surface area contributed by atoms with Gasteiger partial charge in [-0.3, -0.25) is 0 Å². The van der Waals surface area contributed by atoms with Gasteiger partial charge in [-0.05, 0) is 29.2 Å². The fraction of sp³-hybridized carbons (Fsp3) is 0.684. The number of hydrogen-bond donors (Lipinski definition) is 2. The maximum Gasteiger partial charge on any atom is 0.126 e. The predicted molar refractivity (Wildman–Crippen MR) is 91.8 cm³/mol. The molecule has 0 aliphatic carbocycles. The summed E-state index contributed by atoms with van der Waals surface area (Å²) in [6, 6.07) is 4.36. The van der Waals surface area contributed by atoms with E-state index in [2.05, 4.69) is 53.7 Å². The molecule has 0 aromatic heterocycles. The third-order valence-corrected chi connectivity index (χ3v) is 3.95. The first kappa shape index (κ1) is 19.0. The average Bonchev–Trinajstić information content (AvgIpc) is 2.41. The van der Waals surface area contributed by atoms with E-state index in [0.717, 1.165) is 12.2 Å². The lowest BCUT2D eigenvalue weighted by molar-refractivity contribution is 0.0885. The van der Waals surface area contributed by atoms with E-state index in [4.69, 9.17) is 9.84 Å². The van der Waals surface area contributed by atoms with Crippen molar-refractivity contribution in [1.29, 1.82) is 0 Å². The molecular formula is C19H32O3. The molecule has 1 unspecified atom stereocenters. The second-order valence-electron chi connectivity index (χ2n) is 8.10. The van der Waals surface area contributed by atoms with Crippen LogP contribution >= 0.6 is 0 Å². The fourth-order valence-corrected chi connectivity index (χ4v) is 2.59. The van der Waals surface area contributed by atoms with Crippen LogP contribution in [0.4, 0.5) is 0 Å². The minimum Gasteiger partial charge on any atom is -0.496 e. The van der Waals surface area contributed by atoms with Crippen LogP contribution < -0.4 is 4.74 Å². The number of aliphatic hydroxyl groups is 2. The van der Waals surface area contributed by atoms with Crippen molar-refractivity contribution in [1.82, 2.24) is 0 Å². The van der Waals surface area contributed by atoms with Crippen LogP contribution in [0.1, 0.15) is 64.7 Å². The first-order valence-corrected chi connectivity index (χ1v) is 8.01. The van der Waals surface area contributed by atoms with Crippen LogP contribution in [0, 0.1) is 0 Å². The molecule has 0 saturated carbocycles. The Labute approximate surface area is 135 Å². The van der Waals surface area contributed by atoms with Gasteiger partial charge in [0.2, 0.25) is 0 Å². The van der Waals surface area contributed by atoms with Crippen molar-refractivity contribution in [2.45, 2.75) is 71.3 Å². The average molecular weight is 308 g/mol. The minimum absolute atomic E-state index is 0.0169. The Morgan fingerprint density at radius 2 is 1.45 bits per heavy atom. The van der Waals surface area contributed by atoms with E-state index in [9.17, 15) is 5.11 Å². The van der Waals surface area contributed by atoms with E-state index in [1.807, 2.05) is 0 Å². The molecule has 3 nitrogen and oxygen atoms in total. The molecule has 0 radical (unpaired) electrons. The molecule has 0 saturated heterocycles. The molecule has 1 aromatic carbocycles. The van der Waals surface area contributed by atoms with Gasteiger partial charge < -0.3 is 14.9 Å². The van der Waals surface area contributed by atoms with E-state index < -0.39 is 6.10 Å². The van der Waals surface area contributed by atoms with Gasteiger partial charge in [-0.25, -0.2) is 0 Å². The van der Waals surface area contributed by atoms with Gasteiger partial charge in [-0.15, -0.1) is 0 Å². The van der Waals surface area contributed by atoms with Gasteiger partial charge in [0.1, 0.15) is 5.75 Å². The number of methoxy groups -OCH3 is 1. The first-order valence-electron chi connectivity index (χ1n) is 8.01. The van der Waals surface area contributed by atoms with Crippen molar-refractivity contribution in [2.75, 3.05) is 13.7 Å². The summed E-state index contributed by atoms with van der Waals surface area (Å²) in [5, 5.41) is 18.6. The van der Waals surface area contributed by atoms with E-state index in [1.165, 1.54) is 16.7 Å². The van der Waals surface area contributed by atoms with Crippen LogP contribution in [0.2, 0.25) is 0 Å². The zero-order valence-electron chi connectivity index (χ0n) is 15.2. The summed E-state index contributed by atoms with van der Waals surface area (Å²) >= 11 is 0. The highest BCUT2D eigenvalue weighted by molar-refractivity contribution is 5.50. The highest BCUT2D eigenvalue weighted by Crippen LogP contribution is 2.40. The molecule has 0 aliphatic heterocycles. The first-order chi connectivity index (χ1) is 10.0. The van der Waals surface area contributed by atoms with Crippen molar-refractivity contribution in [3.05, 3.63) is 28.8 Å². The van der Waals surface area contributed by atoms with Crippen molar-refractivity contribution < 1.29 is 14.9 Å². The Morgan fingerprint density at radius 3 is 1.77 bits per heavy atom. The number of rotatable bonds is 5. The van der Waals surface area contributed by atoms with Gasteiger partial charge in [0.05, 0.1) is 19.8 Å². The zero-order chi connectivity index (χ0) is 17.1. The molecule has 0 bridgehead atoms. The minimum atomic E-state index is -0.654.